The number of unbranched alkanes of at least 4 members (excludes halogenated alkanes) is 1. The molecule has 3 heterocycles. The molecule has 0 aliphatic carbocycles. The molecule has 0 bridgehead atoms. The summed E-state index contributed by atoms with van der Waals surface area (Å²) in [7, 11) is 0. The lowest BCUT2D eigenvalue weighted by Gasteiger charge is -2.20. The quantitative estimate of drug-likeness (QED) is 0.474. The topological polar surface area (TPSA) is 101 Å². The van der Waals surface area contributed by atoms with Gasteiger partial charge in [-0.1, -0.05) is 13.3 Å². The summed E-state index contributed by atoms with van der Waals surface area (Å²) < 4.78 is 16.5. The molecule has 2 saturated heterocycles. The second-order valence-electron chi connectivity index (χ2n) is 6.61. The summed E-state index contributed by atoms with van der Waals surface area (Å²) in [6, 6.07) is 0. The molecule has 2 N–H and O–H groups in total. The Hall–Kier alpha value is -1.67. The van der Waals surface area contributed by atoms with Gasteiger partial charge in [-0.3, -0.25) is 9.59 Å². The molecule has 0 amide bonds. The highest BCUT2D eigenvalue weighted by molar-refractivity contribution is 7.13. The van der Waals surface area contributed by atoms with Crippen LogP contribution in [0.4, 0.5) is 5.13 Å². The van der Waals surface area contributed by atoms with E-state index in [-0.39, 0.29) is 12.8 Å². The van der Waals surface area contributed by atoms with Gasteiger partial charge in [0.25, 0.3) is 0 Å². The van der Waals surface area contributed by atoms with Gasteiger partial charge in [-0.2, -0.15) is 0 Å². The Morgan fingerprint density at radius 3 is 2.92 bits per heavy atom. The maximum atomic E-state index is 12.5. The number of esters is 2. The Kier molecular flexibility index (Phi) is 4.52. The zero-order valence-electron chi connectivity index (χ0n) is 13.9. The molecule has 0 radical (unpaired) electrons. The van der Waals surface area contributed by atoms with Gasteiger partial charge < -0.3 is 19.9 Å². The Morgan fingerprint density at radius 2 is 2.25 bits per heavy atom. The maximum absolute atomic E-state index is 12.5. The number of hydrogen-bond donors (Lipinski definition) is 1. The fourth-order valence-corrected chi connectivity index (χ4v) is 3.99. The number of cyclic esters (lactones) is 2. The average Bonchev–Trinajstić information content (AvgIpc) is 3.16. The van der Waals surface area contributed by atoms with Crippen LogP contribution in [0.5, 0.6) is 0 Å². The van der Waals surface area contributed by atoms with Crippen LogP contribution in [0.25, 0.3) is 0 Å². The lowest BCUT2D eigenvalue weighted by molar-refractivity contribution is -0.160. The summed E-state index contributed by atoms with van der Waals surface area (Å²) in [5.74, 6) is -1.07. The van der Waals surface area contributed by atoms with Crippen LogP contribution >= 0.6 is 11.3 Å². The monoisotopic (exact) mass is 354 g/mol. The van der Waals surface area contributed by atoms with Gasteiger partial charge >= 0.3 is 11.9 Å². The van der Waals surface area contributed by atoms with E-state index in [2.05, 4.69) is 11.9 Å². The summed E-state index contributed by atoms with van der Waals surface area (Å²) in [6.07, 6.45) is 2.08. The second-order valence-corrected chi connectivity index (χ2v) is 7.50. The second kappa shape index (κ2) is 6.33. The van der Waals surface area contributed by atoms with Crippen LogP contribution in [-0.2, 0) is 29.4 Å². The Labute approximate surface area is 144 Å². The molecule has 3 rings (SSSR count). The first-order valence-corrected chi connectivity index (χ1v) is 9.01. The van der Waals surface area contributed by atoms with E-state index < -0.39 is 29.1 Å². The first-order valence-electron chi connectivity index (χ1n) is 8.13. The first-order chi connectivity index (χ1) is 11.4. The number of rotatable bonds is 6. The number of carbonyl (C=O) groups excluding carboxylic acids is 2. The van der Waals surface area contributed by atoms with Crippen molar-refractivity contribution < 1.29 is 23.8 Å². The lowest BCUT2D eigenvalue weighted by Crippen LogP contribution is -2.32. The molecular weight excluding hydrogens is 332 g/mol. The van der Waals surface area contributed by atoms with Crippen molar-refractivity contribution in [2.75, 3.05) is 18.9 Å². The van der Waals surface area contributed by atoms with Gasteiger partial charge in [0.1, 0.15) is 6.10 Å². The van der Waals surface area contributed by atoms with Crippen LogP contribution in [0.3, 0.4) is 0 Å². The molecule has 1 spiro atoms. The SMILES string of the molecule is CCCCOC[C@H]1C[C@]2(C[C@@](C)(c3csc(N)n3)OC2=O)C(=O)O1. The van der Waals surface area contributed by atoms with Gasteiger partial charge in [0.05, 0.1) is 12.3 Å². The van der Waals surface area contributed by atoms with Gasteiger partial charge in [-0.15, -0.1) is 11.3 Å². The lowest BCUT2D eigenvalue weighted by atomic mass is 9.78. The zero-order chi connectivity index (χ0) is 17.4. The summed E-state index contributed by atoms with van der Waals surface area (Å²) >= 11 is 1.28. The smallest absolute Gasteiger partial charge is 0.324 e. The molecule has 24 heavy (non-hydrogen) atoms. The third kappa shape index (κ3) is 2.88. The van der Waals surface area contributed by atoms with Crippen LogP contribution in [0.1, 0.15) is 45.2 Å². The van der Waals surface area contributed by atoms with Crippen molar-refractivity contribution in [2.24, 2.45) is 5.41 Å². The zero-order valence-corrected chi connectivity index (χ0v) is 14.7. The molecular formula is C16H22N2O5S. The van der Waals surface area contributed by atoms with E-state index in [0.717, 1.165) is 12.8 Å². The molecule has 3 atom stereocenters. The number of aromatic nitrogens is 1. The molecule has 0 unspecified atom stereocenters. The van der Waals surface area contributed by atoms with Gasteiger partial charge in [0.15, 0.2) is 16.1 Å². The highest BCUT2D eigenvalue weighted by atomic mass is 32.1. The number of ether oxygens (including phenoxy) is 3. The van der Waals surface area contributed by atoms with E-state index in [1.807, 2.05) is 0 Å². The van der Waals surface area contributed by atoms with E-state index in [9.17, 15) is 9.59 Å². The van der Waals surface area contributed by atoms with Crippen LogP contribution in [0, 0.1) is 5.41 Å². The molecule has 0 aromatic carbocycles. The minimum Gasteiger partial charge on any atom is -0.459 e. The van der Waals surface area contributed by atoms with Crippen molar-refractivity contribution in [3.63, 3.8) is 0 Å². The van der Waals surface area contributed by atoms with Gasteiger partial charge in [0.2, 0.25) is 0 Å². The highest BCUT2D eigenvalue weighted by Crippen LogP contribution is 2.52. The standard InChI is InChI=1S/C16H22N2O5S/c1-3-4-5-21-7-10-6-16(12(19)22-10)9-15(2,23-13(16)20)11-8-24-14(17)18-11/h8,10H,3-7,9H2,1-2H3,(H2,17,18)/t10-,15+,16+/m1/s1. The van der Waals surface area contributed by atoms with Crippen molar-refractivity contribution in [3.05, 3.63) is 11.1 Å². The number of carbonyl (C=O) groups is 2. The normalized spacial score (nSPS) is 32.3. The maximum Gasteiger partial charge on any atom is 0.324 e. The van der Waals surface area contributed by atoms with E-state index >= 15 is 0 Å². The van der Waals surface area contributed by atoms with Crippen LogP contribution in [0.15, 0.2) is 5.38 Å². The van der Waals surface area contributed by atoms with Gasteiger partial charge in [-0.05, 0) is 13.3 Å². The third-order valence-electron chi connectivity index (χ3n) is 4.60. The largest absolute Gasteiger partial charge is 0.459 e. The molecule has 2 aliphatic heterocycles. The summed E-state index contributed by atoms with van der Waals surface area (Å²) in [5.41, 5.74) is 4.03. The van der Waals surface area contributed by atoms with Crippen molar-refractivity contribution in [3.8, 4) is 0 Å². The van der Waals surface area contributed by atoms with Crippen molar-refractivity contribution in [1.29, 1.82) is 0 Å². The highest BCUT2D eigenvalue weighted by Gasteiger charge is 2.65. The molecule has 2 aliphatic rings. The molecule has 8 heteroatoms. The van der Waals surface area contributed by atoms with E-state index in [4.69, 9.17) is 19.9 Å². The van der Waals surface area contributed by atoms with Gasteiger partial charge in [0, 0.05) is 24.8 Å². The van der Waals surface area contributed by atoms with Crippen molar-refractivity contribution in [1.82, 2.24) is 4.98 Å². The number of thiazole rings is 1. The summed E-state index contributed by atoms with van der Waals surface area (Å²) in [6.45, 7) is 4.76. The van der Waals surface area contributed by atoms with Gasteiger partial charge in [-0.25, -0.2) is 4.98 Å². The molecule has 0 saturated carbocycles. The number of anilines is 1. The van der Waals surface area contributed by atoms with Crippen LogP contribution < -0.4 is 5.73 Å². The number of nitrogen functional groups attached to an aromatic ring is 1. The molecule has 132 valence electrons. The van der Waals surface area contributed by atoms with E-state index in [0.29, 0.717) is 24.0 Å². The Bertz CT molecular complexity index is 648. The minimum absolute atomic E-state index is 0.215. The van der Waals surface area contributed by atoms with Crippen molar-refractivity contribution in [2.45, 2.75) is 51.2 Å². The summed E-state index contributed by atoms with van der Waals surface area (Å²) in [4.78, 5) is 29.1. The fourth-order valence-electron chi connectivity index (χ4n) is 3.30. The molecule has 2 fully saturated rings. The minimum atomic E-state index is -1.26. The number of nitrogens with two attached hydrogens (primary N) is 1. The number of nitrogens with zero attached hydrogens (tertiary/aromatic N) is 1. The van der Waals surface area contributed by atoms with Crippen molar-refractivity contribution >= 4 is 28.4 Å². The van der Waals surface area contributed by atoms with Crippen LogP contribution in [0.2, 0.25) is 0 Å². The number of hydrogen-bond acceptors (Lipinski definition) is 8. The molecule has 7 nitrogen and oxygen atoms in total. The molecule has 1 aromatic rings. The van der Waals surface area contributed by atoms with E-state index in [1.165, 1.54) is 11.3 Å². The first kappa shape index (κ1) is 17.2. The predicted molar refractivity (Wildman–Crippen MR) is 87.2 cm³/mol. The Balaban J connectivity index is 1.71. The molecule has 1 aromatic heterocycles. The fraction of sp³-hybridized carbons (Fsp3) is 0.688. The predicted octanol–water partition coefficient (Wildman–Crippen LogP) is 2.01. The van der Waals surface area contributed by atoms with E-state index in [1.54, 1.807) is 12.3 Å². The Morgan fingerprint density at radius 1 is 1.46 bits per heavy atom. The average molecular weight is 354 g/mol. The third-order valence-corrected chi connectivity index (χ3v) is 5.27. The summed E-state index contributed by atoms with van der Waals surface area (Å²) in [5, 5.41) is 2.16. The van der Waals surface area contributed by atoms with Crippen LogP contribution in [-0.4, -0.2) is 36.2 Å².